The average molecular weight is 504 g/mol. The number of rotatable bonds is 7. The van der Waals surface area contributed by atoms with Gasteiger partial charge in [-0.15, -0.1) is 0 Å². The van der Waals surface area contributed by atoms with E-state index >= 15 is 0 Å². The second-order valence-corrected chi connectivity index (χ2v) is 9.75. The number of hydrogen-bond donors (Lipinski definition) is 4. The maximum atomic E-state index is 13.1. The number of carbonyl (C=O) groups excluding carboxylic acids is 4. The number of para-hydroxylation sites is 1. The number of fused-ring (bicyclic) bond motifs is 1. The number of nitrogens with one attached hydrogen (secondary N) is 4. The van der Waals surface area contributed by atoms with Crippen molar-refractivity contribution in [3.63, 3.8) is 0 Å². The first-order valence-corrected chi connectivity index (χ1v) is 12.7. The normalized spacial score (nSPS) is 20.1. The van der Waals surface area contributed by atoms with E-state index in [1.165, 1.54) is 0 Å². The zero-order chi connectivity index (χ0) is 26.5. The number of hydrogen-bond acceptors (Lipinski definition) is 6. The molecule has 4 N–H and O–H groups in total. The van der Waals surface area contributed by atoms with Crippen LogP contribution in [0.3, 0.4) is 0 Å². The fourth-order valence-electron chi connectivity index (χ4n) is 3.85. The van der Waals surface area contributed by atoms with Crippen LogP contribution in [-0.4, -0.2) is 80.9 Å². The Morgan fingerprint density at radius 2 is 1.92 bits per heavy atom. The first-order chi connectivity index (χ1) is 17.2. The minimum absolute atomic E-state index is 0.0178. The molecule has 1 aromatic carbocycles. The van der Waals surface area contributed by atoms with Gasteiger partial charge in [-0.25, -0.2) is 0 Å². The fraction of sp³-hybridized carbons (Fsp3) is 0.615. The molecule has 4 amide bonds. The molecule has 2 rings (SSSR count). The third-order valence-corrected chi connectivity index (χ3v) is 5.73. The van der Waals surface area contributed by atoms with Crippen molar-refractivity contribution in [2.45, 2.75) is 58.0 Å². The maximum absolute atomic E-state index is 13.1. The molecule has 0 radical (unpaired) electrons. The highest BCUT2D eigenvalue weighted by molar-refractivity contribution is 5.99. The smallest absolute Gasteiger partial charge is 0.255 e. The van der Waals surface area contributed by atoms with E-state index in [1.54, 1.807) is 24.3 Å². The third kappa shape index (κ3) is 10.2. The van der Waals surface area contributed by atoms with Crippen LogP contribution in [0.5, 0.6) is 5.75 Å². The minimum Gasteiger partial charge on any atom is -0.493 e. The van der Waals surface area contributed by atoms with Crippen molar-refractivity contribution < 1.29 is 23.9 Å². The molecule has 0 saturated carbocycles. The largest absolute Gasteiger partial charge is 0.493 e. The van der Waals surface area contributed by atoms with Gasteiger partial charge in [0.1, 0.15) is 17.8 Å². The Bertz CT molecular complexity index is 889. The number of amides is 4. The molecular weight excluding hydrogens is 462 g/mol. The zero-order valence-electron chi connectivity index (χ0n) is 21.9. The summed E-state index contributed by atoms with van der Waals surface area (Å²) in [5.74, 6) is -0.789. The first kappa shape index (κ1) is 29.1. The quantitative estimate of drug-likeness (QED) is 0.412. The Labute approximate surface area is 213 Å². The summed E-state index contributed by atoms with van der Waals surface area (Å²) in [4.78, 5) is 53.5. The van der Waals surface area contributed by atoms with E-state index in [1.807, 2.05) is 32.8 Å². The van der Waals surface area contributed by atoms with E-state index in [0.717, 1.165) is 13.0 Å². The number of ether oxygens (including phenoxy) is 1. The van der Waals surface area contributed by atoms with Crippen LogP contribution in [0.1, 0.15) is 56.3 Å². The van der Waals surface area contributed by atoms with Gasteiger partial charge >= 0.3 is 0 Å². The van der Waals surface area contributed by atoms with Crippen LogP contribution in [0.25, 0.3) is 0 Å². The Kier molecular flexibility index (Phi) is 12.2. The molecule has 0 spiro atoms. The Morgan fingerprint density at radius 1 is 1.17 bits per heavy atom. The second kappa shape index (κ2) is 15.1. The first-order valence-electron chi connectivity index (χ1n) is 12.7. The lowest BCUT2D eigenvalue weighted by molar-refractivity contribution is -0.129. The molecule has 0 bridgehead atoms. The van der Waals surface area contributed by atoms with Crippen LogP contribution in [0.4, 0.5) is 0 Å². The van der Waals surface area contributed by atoms with Gasteiger partial charge in [0.15, 0.2) is 0 Å². The lowest BCUT2D eigenvalue weighted by Crippen LogP contribution is -2.50. The average Bonchev–Trinajstić information content (AvgIpc) is 2.82. The van der Waals surface area contributed by atoms with Crippen LogP contribution in [0.2, 0.25) is 0 Å². The molecule has 0 saturated heterocycles. The molecule has 0 aromatic heterocycles. The highest BCUT2D eigenvalue weighted by atomic mass is 16.5. The molecule has 10 nitrogen and oxygen atoms in total. The predicted octanol–water partition coefficient (Wildman–Crippen LogP) is 1.06. The molecule has 1 aliphatic rings. The van der Waals surface area contributed by atoms with Crippen LogP contribution in [0, 0.1) is 5.92 Å². The monoisotopic (exact) mass is 503 g/mol. The molecule has 36 heavy (non-hydrogen) atoms. The van der Waals surface area contributed by atoms with Crippen LogP contribution >= 0.6 is 0 Å². The zero-order valence-corrected chi connectivity index (χ0v) is 21.9. The Hall–Kier alpha value is -3.14. The van der Waals surface area contributed by atoms with Crippen molar-refractivity contribution >= 4 is 23.6 Å². The maximum Gasteiger partial charge on any atom is 0.255 e. The van der Waals surface area contributed by atoms with Gasteiger partial charge in [-0.1, -0.05) is 26.0 Å². The van der Waals surface area contributed by atoms with Crippen LogP contribution in [-0.2, 0) is 14.4 Å². The Morgan fingerprint density at radius 3 is 2.64 bits per heavy atom. The van der Waals surface area contributed by atoms with E-state index in [4.69, 9.17) is 4.74 Å². The molecule has 1 aliphatic heterocycles. The van der Waals surface area contributed by atoms with E-state index in [2.05, 4.69) is 21.3 Å². The van der Waals surface area contributed by atoms with Gasteiger partial charge in [0, 0.05) is 19.5 Å². The van der Waals surface area contributed by atoms with Crippen molar-refractivity contribution in [1.82, 2.24) is 26.2 Å². The van der Waals surface area contributed by atoms with E-state index < -0.39 is 18.0 Å². The van der Waals surface area contributed by atoms with Crippen LogP contribution < -0.4 is 26.0 Å². The van der Waals surface area contributed by atoms with Crippen molar-refractivity contribution in [2.24, 2.45) is 5.92 Å². The van der Waals surface area contributed by atoms with Gasteiger partial charge in [-0.3, -0.25) is 19.2 Å². The predicted molar refractivity (Wildman–Crippen MR) is 138 cm³/mol. The summed E-state index contributed by atoms with van der Waals surface area (Å²) >= 11 is 0. The standard InChI is InChI=1S/C26H41N5O5/c1-18(2)17-21-26(35)28-14-8-16-36-22-10-6-5-9-19(22)24(33)30-20(11-12-23(32)29-21)25(34)27-13-7-15-31(3)4/h5-6,9-10,18,20-21H,7-8,11-17H2,1-4H3,(H,27,34)(H,28,35)(H,29,32)(H,30,33)/t20-,21-/m0/s1. The highest BCUT2D eigenvalue weighted by Gasteiger charge is 2.26. The molecule has 200 valence electrons. The van der Waals surface area contributed by atoms with Crippen molar-refractivity contribution in [3.8, 4) is 5.75 Å². The van der Waals surface area contributed by atoms with Crippen molar-refractivity contribution in [3.05, 3.63) is 29.8 Å². The van der Waals surface area contributed by atoms with E-state index in [-0.39, 0.29) is 36.5 Å². The number of benzene rings is 1. The number of nitrogens with zero attached hydrogens (tertiary/aromatic N) is 1. The highest BCUT2D eigenvalue weighted by Crippen LogP contribution is 2.19. The minimum atomic E-state index is -0.916. The summed E-state index contributed by atoms with van der Waals surface area (Å²) in [5.41, 5.74) is 0.306. The van der Waals surface area contributed by atoms with Crippen molar-refractivity contribution in [1.29, 1.82) is 0 Å². The van der Waals surface area contributed by atoms with E-state index in [9.17, 15) is 19.2 Å². The lowest BCUT2D eigenvalue weighted by Gasteiger charge is -2.23. The van der Waals surface area contributed by atoms with E-state index in [0.29, 0.717) is 43.9 Å². The molecule has 0 unspecified atom stereocenters. The van der Waals surface area contributed by atoms with Gasteiger partial charge in [-0.05, 0) is 64.4 Å². The van der Waals surface area contributed by atoms with Crippen LogP contribution in [0.15, 0.2) is 24.3 Å². The summed E-state index contributed by atoms with van der Waals surface area (Å²) in [5, 5.41) is 11.3. The molecule has 1 aromatic rings. The summed E-state index contributed by atoms with van der Waals surface area (Å²) in [6.07, 6.45) is 1.85. The van der Waals surface area contributed by atoms with Gasteiger partial charge in [0.2, 0.25) is 17.7 Å². The topological polar surface area (TPSA) is 129 Å². The summed E-state index contributed by atoms with van der Waals surface area (Å²) in [6, 6.07) is 5.23. The SMILES string of the molecule is CC(C)C[C@@H]1NC(=O)CC[C@@H](C(=O)NCCCN(C)C)NC(=O)c2ccccc2OCCCNC1=O. The summed E-state index contributed by atoms with van der Waals surface area (Å²) in [6.45, 7) is 5.90. The molecule has 0 aliphatic carbocycles. The van der Waals surface area contributed by atoms with Gasteiger partial charge < -0.3 is 30.9 Å². The molecule has 0 fully saturated rings. The van der Waals surface area contributed by atoms with Gasteiger partial charge in [0.25, 0.3) is 5.91 Å². The molecular formula is C26H41N5O5. The molecule has 10 heteroatoms. The van der Waals surface area contributed by atoms with Gasteiger partial charge in [-0.2, -0.15) is 0 Å². The molecule has 2 atom stereocenters. The summed E-state index contributed by atoms with van der Waals surface area (Å²) < 4.78 is 5.81. The lowest BCUT2D eigenvalue weighted by atomic mass is 10.0. The van der Waals surface area contributed by atoms with Gasteiger partial charge in [0.05, 0.1) is 12.2 Å². The molecule has 1 heterocycles. The number of carbonyl (C=O) groups is 4. The Balaban J connectivity index is 2.21. The fourth-order valence-corrected chi connectivity index (χ4v) is 3.85. The third-order valence-electron chi connectivity index (χ3n) is 5.73. The second-order valence-electron chi connectivity index (χ2n) is 9.75. The summed E-state index contributed by atoms with van der Waals surface area (Å²) in [7, 11) is 3.91. The van der Waals surface area contributed by atoms with Crippen molar-refractivity contribution in [2.75, 3.05) is 40.3 Å².